The molecule has 2 unspecified atom stereocenters. The molecule has 1 fully saturated rings. The topological polar surface area (TPSA) is 0 Å². The van der Waals surface area contributed by atoms with E-state index in [2.05, 4.69) is 12.3 Å². The van der Waals surface area contributed by atoms with Crippen LogP contribution in [-0.2, 0) is 5.41 Å². The average Bonchev–Trinajstić information content (AvgIpc) is 2.59. The molecule has 1 aliphatic rings. The molecule has 1 aromatic heterocycles. The SMILES string of the molecule is CC1(c2sccc2Cl)CCC(Cl)C1. The molecule has 2 rings (SSSR count). The molecule has 0 aliphatic heterocycles. The highest BCUT2D eigenvalue weighted by atomic mass is 35.5. The zero-order valence-electron chi connectivity index (χ0n) is 7.52. The van der Waals surface area contributed by atoms with Crippen molar-refractivity contribution in [3.63, 3.8) is 0 Å². The van der Waals surface area contributed by atoms with Gasteiger partial charge in [0, 0.05) is 15.7 Å². The van der Waals surface area contributed by atoms with E-state index in [0.717, 1.165) is 17.9 Å². The predicted octanol–water partition coefficient (Wildman–Crippen LogP) is 4.45. The average molecular weight is 235 g/mol. The number of hydrogen-bond donors (Lipinski definition) is 0. The quantitative estimate of drug-likeness (QED) is 0.631. The molecule has 2 atom stereocenters. The first kappa shape index (κ1) is 9.82. The molecular weight excluding hydrogens is 223 g/mol. The van der Waals surface area contributed by atoms with Gasteiger partial charge in [-0.15, -0.1) is 22.9 Å². The molecule has 0 spiro atoms. The second-order valence-corrected chi connectivity index (χ2v) is 5.94. The first-order valence-corrected chi connectivity index (χ1v) is 6.19. The van der Waals surface area contributed by atoms with Gasteiger partial charge in [-0.05, 0) is 30.7 Å². The van der Waals surface area contributed by atoms with Gasteiger partial charge in [-0.25, -0.2) is 0 Å². The van der Waals surface area contributed by atoms with E-state index in [0.29, 0.717) is 5.38 Å². The zero-order chi connectivity index (χ0) is 9.47. The lowest BCUT2D eigenvalue weighted by atomic mass is 9.87. The standard InChI is InChI=1S/C10H12Cl2S/c1-10(4-2-7(11)6-10)9-8(12)3-5-13-9/h3,5,7H,2,4,6H2,1H3. The summed E-state index contributed by atoms with van der Waals surface area (Å²) in [7, 11) is 0. The minimum Gasteiger partial charge on any atom is -0.147 e. The molecule has 0 nitrogen and oxygen atoms in total. The normalized spacial score (nSPS) is 33.9. The molecule has 1 aromatic rings. The van der Waals surface area contributed by atoms with Gasteiger partial charge in [0.05, 0.1) is 5.02 Å². The molecule has 72 valence electrons. The Morgan fingerprint density at radius 2 is 2.38 bits per heavy atom. The number of alkyl halides is 1. The molecule has 3 heteroatoms. The van der Waals surface area contributed by atoms with Crippen LogP contribution < -0.4 is 0 Å². The van der Waals surface area contributed by atoms with Crippen molar-refractivity contribution in [2.24, 2.45) is 0 Å². The van der Waals surface area contributed by atoms with Gasteiger partial charge in [-0.2, -0.15) is 0 Å². The van der Waals surface area contributed by atoms with Crippen molar-refractivity contribution < 1.29 is 0 Å². The summed E-state index contributed by atoms with van der Waals surface area (Å²) in [6.07, 6.45) is 3.35. The number of thiophene rings is 1. The van der Waals surface area contributed by atoms with Gasteiger partial charge in [0.15, 0.2) is 0 Å². The highest BCUT2D eigenvalue weighted by molar-refractivity contribution is 7.10. The maximum atomic E-state index is 6.13. The largest absolute Gasteiger partial charge is 0.147 e. The lowest BCUT2D eigenvalue weighted by Gasteiger charge is -2.22. The molecule has 1 saturated carbocycles. The third-order valence-electron chi connectivity index (χ3n) is 2.85. The first-order chi connectivity index (χ1) is 6.12. The molecular formula is C10H12Cl2S. The summed E-state index contributed by atoms with van der Waals surface area (Å²) in [5, 5.41) is 3.31. The van der Waals surface area contributed by atoms with Crippen LogP contribution in [0.4, 0.5) is 0 Å². The fourth-order valence-corrected chi connectivity index (χ4v) is 4.04. The molecule has 0 aromatic carbocycles. The van der Waals surface area contributed by atoms with Crippen LogP contribution in [0.15, 0.2) is 11.4 Å². The Balaban J connectivity index is 2.30. The van der Waals surface area contributed by atoms with E-state index >= 15 is 0 Å². The maximum absolute atomic E-state index is 6.13. The van der Waals surface area contributed by atoms with E-state index in [9.17, 15) is 0 Å². The van der Waals surface area contributed by atoms with Gasteiger partial charge in [-0.3, -0.25) is 0 Å². The van der Waals surface area contributed by atoms with E-state index in [-0.39, 0.29) is 5.41 Å². The Hall–Kier alpha value is 0.280. The van der Waals surface area contributed by atoms with Crippen LogP contribution in [0.1, 0.15) is 31.1 Å². The van der Waals surface area contributed by atoms with Crippen molar-refractivity contribution in [3.05, 3.63) is 21.3 Å². The number of hydrogen-bond acceptors (Lipinski definition) is 1. The van der Waals surface area contributed by atoms with E-state index < -0.39 is 0 Å². The molecule has 0 amide bonds. The van der Waals surface area contributed by atoms with E-state index in [4.69, 9.17) is 23.2 Å². The molecule has 0 bridgehead atoms. The third-order valence-corrected chi connectivity index (χ3v) is 4.87. The third kappa shape index (κ3) is 1.74. The van der Waals surface area contributed by atoms with Gasteiger partial charge in [0.2, 0.25) is 0 Å². The van der Waals surface area contributed by atoms with Gasteiger partial charge >= 0.3 is 0 Å². The van der Waals surface area contributed by atoms with Gasteiger partial charge in [0.25, 0.3) is 0 Å². The van der Waals surface area contributed by atoms with Crippen LogP contribution in [0.25, 0.3) is 0 Å². The van der Waals surface area contributed by atoms with E-state index in [1.807, 2.05) is 6.07 Å². The summed E-state index contributed by atoms with van der Waals surface area (Å²) in [5.41, 5.74) is 0.234. The van der Waals surface area contributed by atoms with Crippen LogP contribution >= 0.6 is 34.5 Å². The van der Waals surface area contributed by atoms with Crippen molar-refractivity contribution in [1.82, 2.24) is 0 Å². The number of halogens is 2. The summed E-state index contributed by atoms with van der Waals surface area (Å²) in [6.45, 7) is 2.27. The molecule has 1 aliphatic carbocycles. The predicted molar refractivity (Wildman–Crippen MR) is 60.2 cm³/mol. The number of rotatable bonds is 1. The van der Waals surface area contributed by atoms with Gasteiger partial charge < -0.3 is 0 Å². The Bertz CT molecular complexity index is 308. The van der Waals surface area contributed by atoms with Crippen LogP contribution in [0.3, 0.4) is 0 Å². The minimum atomic E-state index is 0.234. The van der Waals surface area contributed by atoms with Crippen molar-refractivity contribution in [2.75, 3.05) is 0 Å². The fraction of sp³-hybridized carbons (Fsp3) is 0.600. The Morgan fingerprint density at radius 1 is 1.62 bits per heavy atom. The zero-order valence-corrected chi connectivity index (χ0v) is 9.85. The lowest BCUT2D eigenvalue weighted by Crippen LogP contribution is -2.16. The van der Waals surface area contributed by atoms with E-state index in [1.165, 1.54) is 11.3 Å². The first-order valence-electron chi connectivity index (χ1n) is 4.49. The summed E-state index contributed by atoms with van der Waals surface area (Å²) >= 11 is 14.0. The molecule has 0 saturated heterocycles. The second-order valence-electron chi connectivity index (χ2n) is 4.00. The Morgan fingerprint density at radius 3 is 2.85 bits per heavy atom. The van der Waals surface area contributed by atoms with Crippen molar-refractivity contribution in [2.45, 2.75) is 37.0 Å². The van der Waals surface area contributed by atoms with E-state index in [1.54, 1.807) is 11.3 Å². The summed E-state index contributed by atoms with van der Waals surface area (Å²) in [5.74, 6) is 0. The van der Waals surface area contributed by atoms with Crippen molar-refractivity contribution >= 4 is 34.5 Å². The maximum Gasteiger partial charge on any atom is 0.0550 e. The van der Waals surface area contributed by atoms with Crippen molar-refractivity contribution in [3.8, 4) is 0 Å². The lowest BCUT2D eigenvalue weighted by molar-refractivity contribution is 0.503. The minimum absolute atomic E-state index is 0.234. The van der Waals surface area contributed by atoms with Crippen LogP contribution in [0.5, 0.6) is 0 Å². The molecule has 13 heavy (non-hydrogen) atoms. The monoisotopic (exact) mass is 234 g/mol. The molecule has 0 N–H and O–H groups in total. The van der Waals surface area contributed by atoms with Gasteiger partial charge in [-0.1, -0.05) is 18.5 Å². The van der Waals surface area contributed by atoms with Crippen LogP contribution in [0.2, 0.25) is 5.02 Å². The van der Waals surface area contributed by atoms with Gasteiger partial charge in [0.1, 0.15) is 0 Å². The Kier molecular flexibility index (Phi) is 2.61. The highest BCUT2D eigenvalue weighted by Crippen LogP contribution is 2.47. The second kappa shape index (κ2) is 3.45. The summed E-state index contributed by atoms with van der Waals surface area (Å²) in [4.78, 5) is 1.32. The van der Waals surface area contributed by atoms with Crippen molar-refractivity contribution in [1.29, 1.82) is 0 Å². The fourth-order valence-electron chi connectivity index (χ4n) is 2.10. The summed E-state index contributed by atoms with van der Waals surface area (Å²) in [6, 6.07) is 1.98. The Labute approximate surface area is 92.9 Å². The smallest absolute Gasteiger partial charge is 0.0550 e. The molecule has 1 heterocycles. The summed E-state index contributed by atoms with van der Waals surface area (Å²) < 4.78 is 0. The molecule has 0 radical (unpaired) electrons. The highest BCUT2D eigenvalue weighted by Gasteiger charge is 2.37. The van der Waals surface area contributed by atoms with Crippen LogP contribution in [-0.4, -0.2) is 5.38 Å². The van der Waals surface area contributed by atoms with Crippen LogP contribution in [0, 0.1) is 0 Å².